The second kappa shape index (κ2) is 5.26. The number of fused-ring (bicyclic) bond motifs is 1. The number of rotatable bonds is 2. The molecule has 2 atom stereocenters. The third kappa shape index (κ3) is 2.20. The minimum atomic E-state index is -0.219. The molecule has 0 saturated carbocycles. The van der Waals surface area contributed by atoms with Crippen LogP contribution < -0.4 is 0 Å². The lowest BCUT2D eigenvalue weighted by molar-refractivity contribution is 0.104. The molecular formula is C18H18N2O. The summed E-state index contributed by atoms with van der Waals surface area (Å²) in [5.74, 6) is -0.374. The van der Waals surface area contributed by atoms with Crippen molar-refractivity contribution in [3.8, 4) is 0 Å². The monoisotopic (exact) mass is 278 g/mol. The summed E-state index contributed by atoms with van der Waals surface area (Å²) in [5, 5.41) is 8.37. The van der Waals surface area contributed by atoms with Crippen LogP contribution in [-0.2, 0) is 0 Å². The maximum Gasteiger partial charge on any atom is 0.207 e. The number of nitrogens with one attached hydrogen (secondary N) is 1. The Morgan fingerprint density at radius 2 is 1.57 bits per heavy atom. The normalized spacial score (nSPS) is 21.5. The fourth-order valence-electron chi connectivity index (χ4n) is 3.17. The van der Waals surface area contributed by atoms with Crippen LogP contribution in [0.1, 0.15) is 33.4 Å². The minimum absolute atomic E-state index is 0.00815. The molecule has 1 aliphatic carbocycles. The standard InChI is InChI=1S/C18H18N2O/c1-20(2)17-13-10-6-7-11-14(13)18(21)16(19)15(17)12-8-4-3-5-9-12/h3-11,15,17,19H,1-2H3. The van der Waals surface area contributed by atoms with E-state index in [9.17, 15) is 4.79 Å². The van der Waals surface area contributed by atoms with Crippen LogP contribution in [0.5, 0.6) is 0 Å². The molecule has 0 bridgehead atoms. The Bertz CT molecular complexity index is 691. The van der Waals surface area contributed by atoms with Crippen molar-refractivity contribution in [2.24, 2.45) is 0 Å². The third-order valence-electron chi connectivity index (χ3n) is 4.11. The summed E-state index contributed by atoms with van der Waals surface area (Å²) < 4.78 is 0. The van der Waals surface area contributed by atoms with Crippen molar-refractivity contribution in [2.45, 2.75) is 12.0 Å². The first-order chi connectivity index (χ1) is 10.1. The van der Waals surface area contributed by atoms with E-state index in [1.54, 1.807) is 0 Å². The van der Waals surface area contributed by atoms with E-state index in [4.69, 9.17) is 5.41 Å². The van der Waals surface area contributed by atoms with E-state index in [-0.39, 0.29) is 23.5 Å². The van der Waals surface area contributed by atoms with Gasteiger partial charge in [0.1, 0.15) is 0 Å². The van der Waals surface area contributed by atoms with Crippen LogP contribution >= 0.6 is 0 Å². The SMILES string of the molecule is CN(C)C1c2ccccc2C(=O)C(=N)C1c1ccccc1. The summed E-state index contributed by atoms with van der Waals surface area (Å²) >= 11 is 0. The number of benzene rings is 2. The lowest BCUT2D eigenvalue weighted by atomic mass is 9.74. The first-order valence-corrected chi connectivity index (χ1v) is 7.04. The smallest absolute Gasteiger partial charge is 0.207 e. The summed E-state index contributed by atoms with van der Waals surface area (Å²) in [4.78, 5) is 14.6. The fourth-order valence-corrected chi connectivity index (χ4v) is 3.17. The second-order valence-corrected chi connectivity index (χ2v) is 5.63. The van der Waals surface area contributed by atoms with E-state index < -0.39 is 0 Å². The molecule has 106 valence electrons. The molecule has 0 heterocycles. The zero-order valence-corrected chi connectivity index (χ0v) is 12.2. The van der Waals surface area contributed by atoms with Gasteiger partial charge in [0.05, 0.1) is 5.71 Å². The average molecular weight is 278 g/mol. The number of hydrogen-bond donors (Lipinski definition) is 1. The molecule has 0 fully saturated rings. The highest BCUT2D eigenvalue weighted by Crippen LogP contribution is 2.41. The van der Waals surface area contributed by atoms with Crippen molar-refractivity contribution in [2.75, 3.05) is 14.1 Å². The Morgan fingerprint density at radius 1 is 0.952 bits per heavy atom. The van der Waals surface area contributed by atoms with E-state index in [2.05, 4.69) is 4.90 Å². The largest absolute Gasteiger partial charge is 0.301 e. The van der Waals surface area contributed by atoms with Gasteiger partial charge < -0.3 is 10.3 Å². The Balaban J connectivity index is 2.20. The molecule has 0 aromatic heterocycles. The fraction of sp³-hybridized carbons (Fsp3) is 0.222. The van der Waals surface area contributed by atoms with E-state index in [0.29, 0.717) is 5.56 Å². The van der Waals surface area contributed by atoms with Crippen LogP contribution in [0.15, 0.2) is 54.6 Å². The Hall–Kier alpha value is -2.26. The number of Topliss-reactive ketones (excluding diaryl/α,β-unsaturated/α-hetero) is 1. The molecule has 3 rings (SSSR count). The molecule has 0 amide bonds. The topological polar surface area (TPSA) is 44.2 Å². The predicted molar refractivity (Wildman–Crippen MR) is 84.1 cm³/mol. The molecule has 2 unspecified atom stereocenters. The van der Waals surface area contributed by atoms with E-state index in [1.165, 1.54) is 0 Å². The van der Waals surface area contributed by atoms with Gasteiger partial charge in [0, 0.05) is 17.5 Å². The Morgan fingerprint density at radius 3 is 2.24 bits per heavy atom. The summed E-state index contributed by atoms with van der Waals surface area (Å²) in [5.41, 5.74) is 2.87. The minimum Gasteiger partial charge on any atom is -0.301 e. The van der Waals surface area contributed by atoms with Gasteiger partial charge in [-0.2, -0.15) is 0 Å². The summed E-state index contributed by atoms with van der Waals surface area (Å²) in [7, 11) is 4.00. The highest BCUT2D eigenvalue weighted by Gasteiger charge is 2.40. The summed E-state index contributed by atoms with van der Waals surface area (Å²) in [6.07, 6.45) is 0. The van der Waals surface area contributed by atoms with Crippen molar-refractivity contribution in [1.82, 2.24) is 4.90 Å². The quantitative estimate of drug-likeness (QED) is 0.916. The lowest BCUT2D eigenvalue weighted by Crippen LogP contribution is -2.39. The summed E-state index contributed by atoms with van der Waals surface area (Å²) in [6.45, 7) is 0. The highest BCUT2D eigenvalue weighted by atomic mass is 16.1. The van der Waals surface area contributed by atoms with E-state index in [1.807, 2.05) is 68.7 Å². The van der Waals surface area contributed by atoms with Crippen molar-refractivity contribution in [3.05, 3.63) is 71.3 Å². The van der Waals surface area contributed by atoms with Crippen LogP contribution in [0.2, 0.25) is 0 Å². The molecule has 3 nitrogen and oxygen atoms in total. The molecule has 3 heteroatoms. The van der Waals surface area contributed by atoms with Gasteiger partial charge in [0.25, 0.3) is 0 Å². The number of carbonyl (C=O) groups is 1. The molecule has 0 aliphatic heterocycles. The molecule has 21 heavy (non-hydrogen) atoms. The molecule has 0 saturated heterocycles. The highest BCUT2D eigenvalue weighted by molar-refractivity contribution is 6.48. The average Bonchev–Trinajstić information content (AvgIpc) is 2.51. The summed E-state index contributed by atoms with van der Waals surface area (Å²) in [6, 6.07) is 17.5. The number of carbonyl (C=O) groups excluding carboxylic acids is 1. The van der Waals surface area contributed by atoms with Gasteiger partial charge in [-0.15, -0.1) is 0 Å². The predicted octanol–water partition coefficient (Wildman–Crippen LogP) is 3.29. The number of nitrogens with zero attached hydrogens (tertiary/aromatic N) is 1. The lowest BCUT2D eigenvalue weighted by Gasteiger charge is -2.37. The van der Waals surface area contributed by atoms with Crippen molar-refractivity contribution >= 4 is 11.5 Å². The van der Waals surface area contributed by atoms with Gasteiger partial charge in [0.2, 0.25) is 5.78 Å². The third-order valence-corrected chi connectivity index (χ3v) is 4.11. The Labute approximate surface area is 124 Å². The van der Waals surface area contributed by atoms with E-state index >= 15 is 0 Å². The van der Waals surface area contributed by atoms with Crippen LogP contribution in [0.3, 0.4) is 0 Å². The van der Waals surface area contributed by atoms with Gasteiger partial charge in [-0.05, 0) is 25.2 Å². The van der Waals surface area contributed by atoms with Gasteiger partial charge in [-0.1, -0.05) is 54.6 Å². The van der Waals surface area contributed by atoms with Crippen LogP contribution in [0, 0.1) is 5.41 Å². The molecule has 2 aromatic carbocycles. The molecule has 2 aromatic rings. The zero-order chi connectivity index (χ0) is 15.0. The first kappa shape index (κ1) is 13.7. The first-order valence-electron chi connectivity index (χ1n) is 7.04. The number of likely N-dealkylation sites (N-methyl/N-ethyl adjacent to an activating group) is 1. The Kier molecular flexibility index (Phi) is 3.43. The van der Waals surface area contributed by atoms with Crippen LogP contribution in [0.4, 0.5) is 0 Å². The van der Waals surface area contributed by atoms with Gasteiger partial charge >= 0.3 is 0 Å². The molecule has 1 aliphatic rings. The van der Waals surface area contributed by atoms with Crippen molar-refractivity contribution in [1.29, 1.82) is 5.41 Å². The maximum absolute atomic E-state index is 12.5. The van der Waals surface area contributed by atoms with Crippen LogP contribution in [0.25, 0.3) is 0 Å². The van der Waals surface area contributed by atoms with E-state index in [0.717, 1.165) is 11.1 Å². The number of hydrogen-bond acceptors (Lipinski definition) is 3. The maximum atomic E-state index is 12.5. The van der Waals surface area contributed by atoms with Gasteiger partial charge in [0.15, 0.2) is 0 Å². The molecule has 0 spiro atoms. The molecule has 0 radical (unpaired) electrons. The second-order valence-electron chi connectivity index (χ2n) is 5.63. The van der Waals surface area contributed by atoms with Crippen molar-refractivity contribution in [3.63, 3.8) is 0 Å². The molecule has 1 N–H and O–H groups in total. The number of ketones is 1. The van der Waals surface area contributed by atoms with Crippen LogP contribution in [-0.4, -0.2) is 30.5 Å². The zero-order valence-electron chi connectivity index (χ0n) is 12.2. The molecular weight excluding hydrogens is 260 g/mol. The van der Waals surface area contributed by atoms with Gasteiger partial charge in [-0.3, -0.25) is 4.79 Å². The van der Waals surface area contributed by atoms with Crippen molar-refractivity contribution < 1.29 is 4.79 Å². The van der Waals surface area contributed by atoms with Gasteiger partial charge in [-0.25, -0.2) is 0 Å².